The predicted molar refractivity (Wildman–Crippen MR) is 139 cm³/mol. The molecule has 3 unspecified atom stereocenters. The number of nitrogens with one attached hydrogen (secondary N) is 2. The Hall–Kier alpha value is -1.67. The van der Waals surface area contributed by atoms with E-state index in [2.05, 4.69) is 10.6 Å². The van der Waals surface area contributed by atoms with Crippen LogP contribution in [0.3, 0.4) is 0 Å². The SMILES string of the molecule is C[S+]([O-])c1ccc(NCC2C(c3cc(Cl)cc(Cl)c3)C2(Cl)Cl)cc1C(=O)Nc1ccc(F)cc1. The number of alkyl halides is 2. The second-order valence-electron chi connectivity index (χ2n) is 7.97. The summed E-state index contributed by atoms with van der Waals surface area (Å²) in [6.45, 7) is 0.426. The van der Waals surface area contributed by atoms with Gasteiger partial charge < -0.3 is 15.2 Å². The summed E-state index contributed by atoms with van der Waals surface area (Å²) in [6.07, 6.45) is 1.50. The zero-order valence-electron chi connectivity index (χ0n) is 17.7. The van der Waals surface area contributed by atoms with Gasteiger partial charge in [0.05, 0.1) is 5.56 Å². The third kappa shape index (κ3) is 5.59. The lowest BCUT2D eigenvalue weighted by atomic mass is 10.1. The predicted octanol–water partition coefficient (Wildman–Crippen LogP) is 7.12. The van der Waals surface area contributed by atoms with Crippen LogP contribution in [0.15, 0.2) is 65.6 Å². The summed E-state index contributed by atoms with van der Waals surface area (Å²) in [7, 11) is 0. The number of hydrogen-bond acceptors (Lipinski definition) is 3. The molecule has 34 heavy (non-hydrogen) atoms. The van der Waals surface area contributed by atoms with Crippen molar-refractivity contribution in [2.24, 2.45) is 5.92 Å². The second kappa shape index (κ2) is 10.1. The first-order valence-corrected chi connectivity index (χ1v) is 13.3. The van der Waals surface area contributed by atoms with Gasteiger partial charge >= 0.3 is 0 Å². The van der Waals surface area contributed by atoms with E-state index in [0.717, 1.165) is 5.56 Å². The Morgan fingerprint density at radius 1 is 1.03 bits per heavy atom. The van der Waals surface area contributed by atoms with E-state index in [4.69, 9.17) is 46.4 Å². The highest BCUT2D eigenvalue weighted by molar-refractivity contribution is 7.90. The van der Waals surface area contributed by atoms with Crippen LogP contribution in [0, 0.1) is 11.7 Å². The minimum atomic E-state index is -1.39. The lowest BCUT2D eigenvalue weighted by molar-refractivity contribution is 0.102. The second-order valence-corrected chi connectivity index (χ2v) is 11.6. The molecule has 0 radical (unpaired) electrons. The molecule has 4 nitrogen and oxygen atoms in total. The van der Waals surface area contributed by atoms with Gasteiger partial charge in [-0.05, 0) is 77.4 Å². The third-order valence-corrected chi connectivity index (χ3v) is 8.05. The van der Waals surface area contributed by atoms with Crippen molar-refractivity contribution in [2.45, 2.75) is 15.1 Å². The Kier molecular flexibility index (Phi) is 7.58. The molecular formula is C24H19Cl4FN2O2S. The lowest BCUT2D eigenvalue weighted by Crippen LogP contribution is -2.17. The fourth-order valence-electron chi connectivity index (χ4n) is 3.88. The molecule has 1 aliphatic rings. The van der Waals surface area contributed by atoms with Crippen LogP contribution in [0.5, 0.6) is 0 Å². The van der Waals surface area contributed by atoms with Gasteiger partial charge in [0.1, 0.15) is 16.4 Å². The van der Waals surface area contributed by atoms with E-state index in [1.54, 1.807) is 36.4 Å². The van der Waals surface area contributed by atoms with Gasteiger partial charge in [-0.15, -0.1) is 23.2 Å². The van der Waals surface area contributed by atoms with Crippen molar-refractivity contribution < 1.29 is 13.7 Å². The molecule has 10 heteroatoms. The Morgan fingerprint density at radius 2 is 1.65 bits per heavy atom. The van der Waals surface area contributed by atoms with Crippen LogP contribution < -0.4 is 10.6 Å². The molecular weight excluding hydrogens is 541 g/mol. The van der Waals surface area contributed by atoms with E-state index in [-0.39, 0.29) is 17.4 Å². The minimum Gasteiger partial charge on any atom is -0.612 e. The number of anilines is 2. The number of amides is 1. The molecule has 0 spiro atoms. The fraction of sp³-hybridized carbons (Fsp3) is 0.208. The number of benzene rings is 3. The van der Waals surface area contributed by atoms with E-state index in [1.807, 2.05) is 0 Å². The van der Waals surface area contributed by atoms with Crippen LogP contribution in [0.1, 0.15) is 21.8 Å². The molecule has 3 aromatic carbocycles. The van der Waals surface area contributed by atoms with Gasteiger partial charge in [0.2, 0.25) is 0 Å². The lowest BCUT2D eigenvalue weighted by Gasteiger charge is -2.14. The largest absolute Gasteiger partial charge is 0.612 e. The van der Waals surface area contributed by atoms with Gasteiger partial charge in [0.15, 0.2) is 4.90 Å². The highest BCUT2D eigenvalue weighted by Crippen LogP contribution is 2.65. The summed E-state index contributed by atoms with van der Waals surface area (Å²) in [6, 6.07) is 15.6. The van der Waals surface area contributed by atoms with Gasteiger partial charge in [0.25, 0.3) is 5.91 Å². The van der Waals surface area contributed by atoms with Crippen molar-refractivity contribution in [3.63, 3.8) is 0 Å². The van der Waals surface area contributed by atoms with Crippen molar-refractivity contribution in [3.05, 3.63) is 87.7 Å². The molecule has 0 saturated heterocycles. The summed E-state index contributed by atoms with van der Waals surface area (Å²) in [5.74, 6) is -1.15. The normalized spacial score (nSPS) is 19.4. The van der Waals surface area contributed by atoms with Gasteiger partial charge in [-0.3, -0.25) is 4.79 Å². The minimum absolute atomic E-state index is 0.123. The number of halogens is 5. The van der Waals surface area contributed by atoms with E-state index in [0.29, 0.717) is 32.9 Å². The zero-order chi connectivity index (χ0) is 24.6. The summed E-state index contributed by atoms with van der Waals surface area (Å²) >= 11 is 23.9. The average Bonchev–Trinajstić information content (AvgIpc) is 3.33. The first kappa shape index (κ1) is 25.4. The highest BCUT2D eigenvalue weighted by atomic mass is 35.5. The maximum atomic E-state index is 13.2. The van der Waals surface area contributed by atoms with Crippen LogP contribution in [0.25, 0.3) is 0 Å². The Labute approximate surface area is 219 Å². The average molecular weight is 560 g/mol. The van der Waals surface area contributed by atoms with Gasteiger partial charge in [-0.25, -0.2) is 4.39 Å². The smallest absolute Gasteiger partial charge is 0.260 e. The summed E-state index contributed by atoms with van der Waals surface area (Å²) in [4.78, 5) is 13.3. The first-order valence-electron chi connectivity index (χ1n) is 10.2. The summed E-state index contributed by atoms with van der Waals surface area (Å²) in [5.41, 5.74) is 2.16. The maximum Gasteiger partial charge on any atom is 0.260 e. The molecule has 3 atom stereocenters. The van der Waals surface area contributed by atoms with Crippen LogP contribution in [0.4, 0.5) is 15.8 Å². The number of carbonyl (C=O) groups is 1. The quantitative estimate of drug-likeness (QED) is 0.239. The fourth-order valence-corrected chi connectivity index (χ4v) is 5.98. The van der Waals surface area contributed by atoms with Gasteiger partial charge in [-0.1, -0.05) is 23.2 Å². The topological polar surface area (TPSA) is 64.2 Å². The molecule has 0 heterocycles. The molecule has 1 saturated carbocycles. The van der Waals surface area contributed by atoms with Crippen molar-refractivity contribution >= 4 is 74.9 Å². The van der Waals surface area contributed by atoms with E-state index < -0.39 is 27.2 Å². The van der Waals surface area contributed by atoms with Crippen LogP contribution in [-0.2, 0) is 11.2 Å². The molecule has 0 aliphatic heterocycles. The standard InChI is InChI=1S/C24H19Cl4FN2O2S/c1-34(33)21-7-6-18(11-19(21)23(32)31-17-4-2-16(29)3-5-17)30-12-20-22(24(20,27)28)13-8-14(25)10-15(26)9-13/h2-11,20,22,30H,12H2,1H3,(H,31,32). The maximum absolute atomic E-state index is 13.2. The summed E-state index contributed by atoms with van der Waals surface area (Å²) < 4.78 is 24.4. The van der Waals surface area contributed by atoms with Crippen LogP contribution in [-0.4, -0.2) is 27.6 Å². The Morgan fingerprint density at radius 3 is 2.26 bits per heavy atom. The van der Waals surface area contributed by atoms with Crippen molar-refractivity contribution in [1.82, 2.24) is 0 Å². The van der Waals surface area contributed by atoms with Gasteiger partial charge in [-0.2, -0.15) is 0 Å². The van der Waals surface area contributed by atoms with Gasteiger partial charge in [0, 0.05) is 39.8 Å². The summed E-state index contributed by atoms with van der Waals surface area (Å²) in [5, 5.41) is 6.97. The van der Waals surface area contributed by atoms with Crippen molar-refractivity contribution in [3.8, 4) is 0 Å². The van der Waals surface area contributed by atoms with E-state index in [1.165, 1.54) is 30.5 Å². The molecule has 1 amide bonds. The molecule has 1 aliphatic carbocycles. The molecule has 0 bridgehead atoms. The number of rotatable bonds is 7. The number of hydrogen-bond donors (Lipinski definition) is 2. The van der Waals surface area contributed by atoms with E-state index >= 15 is 0 Å². The molecule has 178 valence electrons. The molecule has 1 fully saturated rings. The molecule has 0 aromatic heterocycles. The van der Waals surface area contributed by atoms with Crippen LogP contribution in [0.2, 0.25) is 10.0 Å². The van der Waals surface area contributed by atoms with Crippen molar-refractivity contribution in [2.75, 3.05) is 23.4 Å². The molecule has 2 N–H and O–H groups in total. The zero-order valence-corrected chi connectivity index (χ0v) is 21.6. The third-order valence-electron chi connectivity index (χ3n) is 5.61. The highest BCUT2D eigenvalue weighted by Gasteiger charge is 2.63. The molecule has 4 rings (SSSR count). The molecule has 3 aromatic rings. The van der Waals surface area contributed by atoms with E-state index in [9.17, 15) is 13.7 Å². The monoisotopic (exact) mass is 558 g/mol. The van der Waals surface area contributed by atoms with Crippen molar-refractivity contribution in [1.29, 1.82) is 0 Å². The Bertz CT molecular complexity index is 1200. The first-order chi connectivity index (χ1) is 16.1. The van der Waals surface area contributed by atoms with Crippen LogP contribution >= 0.6 is 46.4 Å². The number of carbonyl (C=O) groups excluding carboxylic acids is 1. The Balaban J connectivity index is 1.50.